The maximum atomic E-state index is 6.79. The lowest BCUT2D eigenvalue weighted by Crippen LogP contribution is -2.33. The molecule has 0 spiro atoms. The summed E-state index contributed by atoms with van der Waals surface area (Å²) in [6.45, 7) is 1.70. The fourth-order valence-electron chi connectivity index (χ4n) is 8.21. The zero-order valence-electron chi connectivity index (χ0n) is 32.2. The Bertz CT molecular complexity index is 2180. The molecular formula is C42H48N2O9. The minimum Gasteiger partial charge on any atom is -0.493 e. The van der Waals surface area contributed by atoms with E-state index in [0.29, 0.717) is 51.7 Å². The molecule has 0 aromatic heterocycles. The molecule has 0 aliphatic carbocycles. The van der Waals surface area contributed by atoms with Crippen LogP contribution in [0.3, 0.4) is 0 Å². The molecule has 11 nitrogen and oxygen atoms in total. The Morgan fingerprint density at radius 3 is 1.75 bits per heavy atom. The molecular weight excluding hydrogens is 676 g/mol. The van der Waals surface area contributed by atoms with Gasteiger partial charge in [0.05, 0.1) is 56.9 Å². The first kappa shape index (κ1) is 36.0. The standard InChI is InChI=1S/C42H48N2O9/c1-43-17-15-25-27(21-32(45-3)39(49-7)36(25)47-5)30(43)19-23-11-13-24(14-12-23)53-38-29-20-31-34-26(16-18-44(31)2)37(48-6)42(52-10)41(51-9)35(34)28(29)22-33(46-4)40(38)50-8/h11-14,20-22,30H,15-19H2,1-10H3/t30-/m0/s1. The van der Waals surface area contributed by atoms with Crippen molar-refractivity contribution < 1.29 is 42.6 Å². The van der Waals surface area contributed by atoms with E-state index in [0.717, 1.165) is 82.0 Å². The van der Waals surface area contributed by atoms with E-state index in [9.17, 15) is 0 Å². The van der Waals surface area contributed by atoms with Gasteiger partial charge in [0.25, 0.3) is 0 Å². The highest BCUT2D eigenvalue weighted by Crippen LogP contribution is 2.56. The third-order valence-corrected chi connectivity index (χ3v) is 10.8. The van der Waals surface area contributed by atoms with E-state index in [2.05, 4.69) is 48.2 Å². The molecule has 53 heavy (non-hydrogen) atoms. The van der Waals surface area contributed by atoms with Crippen LogP contribution in [0.4, 0.5) is 5.69 Å². The molecule has 0 saturated carbocycles. The molecule has 5 aromatic rings. The Labute approximate surface area is 310 Å². The summed E-state index contributed by atoms with van der Waals surface area (Å²) in [5, 5.41) is 3.66. The van der Waals surface area contributed by atoms with Gasteiger partial charge in [-0.05, 0) is 67.8 Å². The van der Waals surface area contributed by atoms with Crippen LogP contribution in [0.2, 0.25) is 0 Å². The van der Waals surface area contributed by atoms with E-state index in [4.69, 9.17) is 42.6 Å². The average molecular weight is 725 g/mol. The van der Waals surface area contributed by atoms with Crippen molar-refractivity contribution in [2.45, 2.75) is 25.3 Å². The molecule has 280 valence electrons. The predicted molar refractivity (Wildman–Crippen MR) is 207 cm³/mol. The van der Waals surface area contributed by atoms with Crippen molar-refractivity contribution in [2.24, 2.45) is 0 Å². The zero-order valence-corrected chi connectivity index (χ0v) is 32.2. The molecule has 2 aliphatic rings. The molecule has 2 heterocycles. The normalized spacial score (nSPS) is 15.2. The minimum absolute atomic E-state index is 0.111. The van der Waals surface area contributed by atoms with Crippen molar-refractivity contribution >= 4 is 27.2 Å². The van der Waals surface area contributed by atoms with Crippen molar-refractivity contribution in [2.75, 3.05) is 89.0 Å². The number of anilines is 1. The number of ether oxygens (including phenoxy) is 9. The summed E-state index contributed by atoms with van der Waals surface area (Å²) in [7, 11) is 17.4. The van der Waals surface area contributed by atoms with Gasteiger partial charge in [-0.3, -0.25) is 4.90 Å². The summed E-state index contributed by atoms with van der Waals surface area (Å²) in [5.41, 5.74) is 5.60. The van der Waals surface area contributed by atoms with Crippen molar-refractivity contribution in [1.82, 2.24) is 4.90 Å². The van der Waals surface area contributed by atoms with Gasteiger partial charge in [-0.15, -0.1) is 0 Å². The van der Waals surface area contributed by atoms with Crippen LogP contribution in [-0.4, -0.2) is 89.0 Å². The molecule has 0 bridgehead atoms. The van der Waals surface area contributed by atoms with Crippen molar-refractivity contribution in [3.05, 3.63) is 64.7 Å². The van der Waals surface area contributed by atoms with Crippen LogP contribution in [0.25, 0.3) is 21.5 Å². The number of benzene rings is 5. The number of fused-ring (bicyclic) bond motifs is 3. The number of hydrogen-bond acceptors (Lipinski definition) is 11. The first-order valence-electron chi connectivity index (χ1n) is 17.6. The number of rotatable bonds is 12. The second kappa shape index (κ2) is 14.5. The second-order valence-corrected chi connectivity index (χ2v) is 13.3. The number of hydrogen-bond donors (Lipinski definition) is 0. The zero-order chi connectivity index (χ0) is 37.6. The van der Waals surface area contributed by atoms with Crippen LogP contribution in [0.15, 0.2) is 42.5 Å². The Kier molecular flexibility index (Phi) is 9.87. The number of likely N-dealkylation sites (N-methyl/N-ethyl adjacent to an activating group) is 2. The van der Waals surface area contributed by atoms with Gasteiger partial charge in [0.15, 0.2) is 34.5 Å². The van der Waals surface area contributed by atoms with Crippen molar-refractivity contribution in [3.8, 4) is 57.5 Å². The highest BCUT2D eigenvalue weighted by atomic mass is 16.5. The van der Waals surface area contributed by atoms with E-state index in [1.165, 1.54) is 5.56 Å². The first-order valence-corrected chi connectivity index (χ1v) is 17.6. The van der Waals surface area contributed by atoms with Gasteiger partial charge in [-0.1, -0.05) is 12.1 Å². The third kappa shape index (κ3) is 5.78. The lowest BCUT2D eigenvalue weighted by Gasteiger charge is -2.36. The summed E-state index contributed by atoms with van der Waals surface area (Å²) < 4.78 is 53.9. The Hall–Kier alpha value is -5.42. The van der Waals surface area contributed by atoms with Gasteiger partial charge in [-0.2, -0.15) is 0 Å². The largest absolute Gasteiger partial charge is 0.493 e. The smallest absolute Gasteiger partial charge is 0.204 e. The average Bonchev–Trinajstić information content (AvgIpc) is 3.19. The highest BCUT2D eigenvalue weighted by molar-refractivity contribution is 6.21. The predicted octanol–water partition coefficient (Wildman–Crippen LogP) is 7.62. The Morgan fingerprint density at radius 2 is 1.13 bits per heavy atom. The van der Waals surface area contributed by atoms with E-state index in [-0.39, 0.29) is 6.04 Å². The van der Waals surface area contributed by atoms with Crippen LogP contribution < -0.4 is 47.5 Å². The van der Waals surface area contributed by atoms with Crippen LogP contribution in [-0.2, 0) is 19.3 Å². The summed E-state index contributed by atoms with van der Waals surface area (Å²) in [5.74, 6) is 6.07. The van der Waals surface area contributed by atoms with Crippen LogP contribution in [0, 0.1) is 0 Å². The molecule has 5 aromatic carbocycles. The molecule has 2 aliphatic heterocycles. The van der Waals surface area contributed by atoms with Gasteiger partial charge in [0.1, 0.15) is 5.75 Å². The maximum absolute atomic E-state index is 6.79. The molecule has 11 heteroatoms. The molecule has 0 radical (unpaired) electrons. The quantitative estimate of drug-likeness (QED) is 0.119. The van der Waals surface area contributed by atoms with Gasteiger partial charge < -0.3 is 47.5 Å². The van der Waals surface area contributed by atoms with Crippen LogP contribution >= 0.6 is 0 Å². The lowest BCUT2D eigenvalue weighted by molar-refractivity contribution is 0.223. The summed E-state index contributed by atoms with van der Waals surface area (Å²) in [4.78, 5) is 4.63. The number of methoxy groups -OCH3 is 8. The molecule has 0 N–H and O–H groups in total. The fourth-order valence-corrected chi connectivity index (χ4v) is 8.21. The molecule has 7 rings (SSSR count). The van der Waals surface area contributed by atoms with Crippen LogP contribution in [0.5, 0.6) is 57.5 Å². The van der Waals surface area contributed by atoms with Gasteiger partial charge in [0.2, 0.25) is 17.2 Å². The van der Waals surface area contributed by atoms with E-state index in [1.807, 2.05) is 18.2 Å². The Balaban J connectivity index is 1.33. The van der Waals surface area contributed by atoms with Crippen molar-refractivity contribution in [3.63, 3.8) is 0 Å². The molecule has 0 unspecified atom stereocenters. The molecule has 0 saturated heterocycles. The molecule has 0 amide bonds. The monoisotopic (exact) mass is 724 g/mol. The second-order valence-electron chi connectivity index (χ2n) is 13.3. The van der Waals surface area contributed by atoms with Gasteiger partial charge in [-0.25, -0.2) is 0 Å². The topological polar surface area (TPSA) is 89.6 Å². The van der Waals surface area contributed by atoms with Gasteiger partial charge >= 0.3 is 0 Å². The summed E-state index contributed by atoms with van der Waals surface area (Å²) in [6.07, 6.45) is 2.42. The summed E-state index contributed by atoms with van der Waals surface area (Å²) >= 11 is 0. The lowest BCUT2D eigenvalue weighted by atomic mass is 9.88. The van der Waals surface area contributed by atoms with Crippen molar-refractivity contribution in [1.29, 1.82) is 0 Å². The van der Waals surface area contributed by atoms with E-state index in [1.54, 1.807) is 56.9 Å². The summed E-state index contributed by atoms with van der Waals surface area (Å²) in [6, 6.07) is 14.6. The van der Waals surface area contributed by atoms with Gasteiger partial charge in [0, 0.05) is 64.5 Å². The highest BCUT2D eigenvalue weighted by Gasteiger charge is 2.33. The molecule has 0 fully saturated rings. The minimum atomic E-state index is 0.111. The molecule has 1 atom stereocenters. The Morgan fingerprint density at radius 1 is 0.547 bits per heavy atom. The fraction of sp³-hybridized carbons (Fsp3) is 0.381. The maximum Gasteiger partial charge on any atom is 0.204 e. The van der Waals surface area contributed by atoms with E-state index < -0.39 is 0 Å². The third-order valence-electron chi connectivity index (χ3n) is 10.8. The van der Waals surface area contributed by atoms with Crippen LogP contribution in [0.1, 0.15) is 28.3 Å². The SMILES string of the molecule is COc1cc2c(c(OC)c1OC)CCN(C)[C@H]2Cc1ccc(Oc2c(OC)c(OC)cc3c2cc2c4c(c(OC)c(OC)c(OC)c43)CCN2C)cc1. The first-order chi connectivity index (χ1) is 25.8. The van der Waals surface area contributed by atoms with E-state index >= 15 is 0 Å². The number of nitrogens with zero attached hydrogens (tertiary/aromatic N) is 2.